The molecule has 3 rings (SSSR count). The van der Waals surface area contributed by atoms with Crippen LogP contribution in [-0.4, -0.2) is 42.2 Å². The summed E-state index contributed by atoms with van der Waals surface area (Å²) < 4.78 is 10.2. The van der Waals surface area contributed by atoms with Gasteiger partial charge >= 0.3 is 5.97 Å². The van der Waals surface area contributed by atoms with Crippen LogP contribution in [0.1, 0.15) is 39.1 Å². The predicted octanol–water partition coefficient (Wildman–Crippen LogP) is 2.38. The van der Waals surface area contributed by atoms with Gasteiger partial charge in [-0.2, -0.15) is 0 Å². The summed E-state index contributed by atoms with van der Waals surface area (Å²) in [5.41, 5.74) is 1.34. The summed E-state index contributed by atoms with van der Waals surface area (Å²) in [7, 11) is 1.46. The fourth-order valence-electron chi connectivity index (χ4n) is 2.90. The quantitative estimate of drug-likeness (QED) is 0.416. The van der Waals surface area contributed by atoms with Gasteiger partial charge in [0.1, 0.15) is 5.75 Å². The number of carbonyl (C=O) groups is 4. The molecule has 2 aromatic rings. The Morgan fingerprint density at radius 3 is 2.25 bits per heavy atom. The van der Waals surface area contributed by atoms with Crippen LogP contribution in [0.25, 0.3) is 0 Å². The minimum Gasteiger partial charge on any atom is -0.496 e. The first-order chi connectivity index (χ1) is 13.5. The minimum absolute atomic E-state index is 0.180. The van der Waals surface area contributed by atoms with Gasteiger partial charge in [-0.15, -0.1) is 0 Å². The molecule has 2 aromatic carbocycles. The molecule has 28 heavy (non-hydrogen) atoms. The number of imide groups is 1. The second kappa shape index (κ2) is 8.47. The van der Waals surface area contributed by atoms with Crippen LogP contribution in [0.4, 0.5) is 0 Å². The summed E-state index contributed by atoms with van der Waals surface area (Å²) in [5, 5.41) is 0. The van der Waals surface area contributed by atoms with Gasteiger partial charge in [0.25, 0.3) is 0 Å². The van der Waals surface area contributed by atoms with Crippen molar-refractivity contribution in [3.63, 3.8) is 0 Å². The summed E-state index contributed by atoms with van der Waals surface area (Å²) in [5.74, 6) is -0.970. The molecule has 7 heteroatoms. The molecule has 0 bridgehead atoms. The molecule has 1 heterocycles. The Bertz CT molecular complexity index is 903. The van der Waals surface area contributed by atoms with E-state index in [4.69, 9.17) is 9.47 Å². The third-order valence-corrected chi connectivity index (χ3v) is 4.43. The van der Waals surface area contributed by atoms with Crippen molar-refractivity contribution < 1.29 is 28.7 Å². The molecule has 1 aliphatic rings. The Balaban J connectivity index is 1.58. The van der Waals surface area contributed by atoms with Crippen LogP contribution >= 0.6 is 0 Å². The fraction of sp³-hybridized carbons (Fsp3) is 0.238. The molecule has 0 aliphatic carbocycles. The zero-order valence-corrected chi connectivity index (χ0v) is 15.3. The van der Waals surface area contributed by atoms with Crippen molar-refractivity contribution in [2.75, 3.05) is 13.7 Å². The first-order valence-electron chi connectivity index (χ1n) is 8.75. The van der Waals surface area contributed by atoms with E-state index >= 15 is 0 Å². The second-order valence-electron chi connectivity index (χ2n) is 6.27. The van der Waals surface area contributed by atoms with E-state index in [1.165, 1.54) is 24.1 Å². The normalized spacial score (nSPS) is 13.5. The monoisotopic (exact) mass is 381 g/mol. The van der Waals surface area contributed by atoms with Crippen LogP contribution in [0.3, 0.4) is 0 Å². The van der Waals surface area contributed by atoms with Gasteiger partial charge in [-0.1, -0.05) is 24.3 Å². The Labute approximate surface area is 161 Å². The van der Waals surface area contributed by atoms with E-state index in [2.05, 4.69) is 0 Å². The molecule has 0 saturated carbocycles. The number of hydrogen-bond donors (Lipinski definition) is 0. The fourth-order valence-corrected chi connectivity index (χ4v) is 2.90. The SMILES string of the molecule is COc1ccccc1C(=O)COC(=O)c1ccc(CN2C(=O)CCC2=O)cc1. The maximum absolute atomic E-state index is 12.2. The third kappa shape index (κ3) is 4.25. The van der Waals surface area contributed by atoms with E-state index in [-0.39, 0.29) is 42.5 Å². The summed E-state index contributed by atoms with van der Waals surface area (Å²) in [6, 6.07) is 13.1. The molecule has 1 aliphatic heterocycles. The lowest BCUT2D eigenvalue weighted by molar-refractivity contribution is -0.139. The van der Waals surface area contributed by atoms with Gasteiger partial charge < -0.3 is 9.47 Å². The topological polar surface area (TPSA) is 90.0 Å². The number of amides is 2. The molecule has 144 valence electrons. The van der Waals surface area contributed by atoms with Crippen LogP contribution in [0.2, 0.25) is 0 Å². The minimum atomic E-state index is -0.636. The van der Waals surface area contributed by atoms with E-state index in [1.807, 2.05) is 0 Å². The molecule has 2 amide bonds. The van der Waals surface area contributed by atoms with Gasteiger partial charge in [0, 0.05) is 12.8 Å². The molecule has 1 saturated heterocycles. The Morgan fingerprint density at radius 2 is 1.61 bits per heavy atom. The summed E-state index contributed by atoms with van der Waals surface area (Å²) >= 11 is 0. The number of rotatable bonds is 7. The molecule has 0 N–H and O–H groups in total. The molecular weight excluding hydrogens is 362 g/mol. The van der Waals surface area contributed by atoms with E-state index in [0.717, 1.165) is 5.56 Å². The van der Waals surface area contributed by atoms with E-state index in [9.17, 15) is 19.2 Å². The average molecular weight is 381 g/mol. The zero-order chi connectivity index (χ0) is 20.1. The third-order valence-electron chi connectivity index (χ3n) is 4.43. The van der Waals surface area contributed by atoms with E-state index in [1.54, 1.807) is 36.4 Å². The number of ketones is 1. The van der Waals surface area contributed by atoms with E-state index < -0.39 is 12.6 Å². The number of benzene rings is 2. The number of para-hydroxylation sites is 1. The van der Waals surface area contributed by atoms with Gasteiger partial charge in [0.05, 0.1) is 24.8 Å². The Kier molecular flexibility index (Phi) is 5.84. The van der Waals surface area contributed by atoms with Crippen molar-refractivity contribution in [1.82, 2.24) is 4.90 Å². The number of ether oxygens (including phenoxy) is 2. The van der Waals surface area contributed by atoms with Crippen molar-refractivity contribution >= 4 is 23.6 Å². The highest BCUT2D eigenvalue weighted by Crippen LogP contribution is 2.19. The van der Waals surface area contributed by atoms with Gasteiger partial charge in [-0.05, 0) is 29.8 Å². The standard InChI is InChI=1S/C21H19NO6/c1-27-18-5-3-2-4-16(18)17(23)13-28-21(26)15-8-6-14(7-9-15)12-22-19(24)10-11-20(22)25/h2-9H,10-13H2,1H3. The number of nitrogens with zero attached hydrogens (tertiary/aromatic N) is 1. The van der Waals surface area contributed by atoms with Gasteiger partial charge in [-0.3, -0.25) is 19.3 Å². The molecule has 7 nitrogen and oxygen atoms in total. The molecular formula is C21H19NO6. The number of methoxy groups -OCH3 is 1. The summed E-state index contributed by atoms with van der Waals surface area (Å²) in [4.78, 5) is 49.0. The highest BCUT2D eigenvalue weighted by atomic mass is 16.5. The van der Waals surface area contributed by atoms with E-state index in [0.29, 0.717) is 11.3 Å². The lowest BCUT2D eigenvalue weighted by Gasteiger charge is -2.13. The van der Waals surface area contributed by atoms with Crippen molar-refractivity contribution in [1.29, 1.82) is 0 Å². The Hall–Kier alpha value is -3.48. The van der Waals surface area contributed by atoms with Crippen molar-refractivity contribution in [2.24, 2.45) is 0 Å². The zero-order valence-electron chi connectivity index (χ0n) is 15.3. The highest BCUT2D eigenvalue weighted by molar-refractivity contribution is 6.02. The van der Waals surface area contributed by atoms with Crippen molar-refractivity contribution in [2.45, 2.75) is 19.4 Å². The van der Waals surface area contributed by atoms with Gasteiger partial charge in [0.2, 0.25) is 17.6 Å². The van der Waals surface area contributed by atoms with Crippen molar-refractivity contribution in [3.05, 3.63) is 65.2 Å². The molecule has 0 aromatic heterocycles. The maximum atomic E-state index is 12.2. The van der Waals surface area contributed by atoms with Crippen molar-refractivity contribution in [3.8, 4) is 5.75 Å². The lowest BCUT2D eigenvalue weighted by Crippen LogP contribution is -2.28. The number of Topliss-reactive ketones (excluding diaryl/α,β-unsaturated/α-hetero) is 1. The average Bonchev–Trinajstić information content (AvgIpc) is 3.04. The van der Waals surface area contributed by atoms with Crippen LogP contribution in [0.15, 0.2) is 48.5 Å². The number of esters is 1. The van der Waals surface area contributed by atoms with Crippen LogP contribution < -0.4 is 4.74 Å². The molecule has 0 spiro atoms. The largest absolute Gasteiger partial charge is 0.496 e. The Morgan fingerprint density at radius 1 is 0.964 bits per heavy atom. The summed E-state index contributed by atoms with van der Waals surface area (Å²) in [6.07, 6.45) is 0.479. The first-order valence-corrected chi connectivity index (χ1v) is 8.75. The van der Waals surface area contributed by atoms with Crippen LogP contribution in [-0.2, 0) is 20.9 Å². The number of carbonyl (C=O) groups excluding carboxylic acids is 4. The van der Waals surface area contributed by atoms with Crippen LogP contribution in [0.5, 0.6) is 5.75 Å². The number of hydrogen-bond acceptors (Lipinski definition) is 6. The predicted molar refractivity (Wildman–Crippen MR) is 98.8 cm³/mol. The lowest BCUT2D eigenvalue weighted by atomic mass is 10.1. The van der Waals surface area contributed by atoms with Gasteiger partial charge in [-0.25, -0.2) is 4.79 Å². The maximum Gasteiger partial charge on any atom is 0.338 e. The summed E-state index contributed by atoms with van der Waals surface area (Å²) in [6.45, 7) is -0.225. The molecule has 1 fully saturated rings. The molecule has 0 atom stereocenters. The van der Waals surface area contributed by atoms with Gasteiger partial charge in [0.15, 0.2) is 6.61 Å². The molecule has 0 radical (unpaired) electrons. The van der Waals surface area contributed by atoms with Crippen LogP contribution in [0, 0.1) is 0 Å². The first kappa shape index (κ1) is 19.3. The smallest absolute Gasteiger partial charge is 0.338 e. The molecule has 0 unspecified atom stereocenters. The second-order valence-corrected chi connectivity index (χ2v) is 6.27. The highest BCUT2D eigenvalue weighted by Gasteiger charge is 2.28. The number of likely N-dealkylation sites (tertiary alicyclic amines) is 1.